The van der Waals surface area contributed by atoms with Crippen LogP contribution in [0.1, 0.15) is 46.8 Å². The van der Waals surface area contributed by atoms with Crippen molar-refractivity contribution in [1.29, 1.82) is 0 Å². The zero-order valence-electron chi connectivity index (χ0n) is 23.7. The van der Waals surface area contributed by atoms with Gasteiger partial charge in [0, 0.05) is 29.2 Å². The van der Waals surface area contributed by atoms with Crippen LogP contribution in [0.25, 0.3) is 5.69 Å². The summed E-state index contributed by atoms with van der Waals surface area (Å²) in [6, 6.07) is 16.6. The minimum atomic E-state index is -4.69. The maximum atomic E-state index is 14.2. The molecule has 0 unspecified atom stereocenters. The first-order valence-electron chi connectivity index (χ1n) is 13.6. The van der Waals surface area contributed by atoms with E-state index >= 15 is 0 Å². The van der Waals surface area contributed by atoms with Gasteiger partial charge in [-0.1, -0.05) is 43.0 Å². The third kappa shape index (κ3) is 5.70. The molecule has 2 atom stereocenters. The summed E-state index contributed by atoms with van der Waals surface area (Å²) in [6.45, 7) is 7.01. The molecule has 1 aliphatic rings. The average Bonchev–Trinajstić information content (AvgIpc) is 3.36. The molecule has 2 N–H and O–H groups in total. The van der Waals surface area contributed by atoms with Gasteiger partial charge in [0.05, 0.1) is 11.3 Å². The lowest BCUT2D eigenvalue weighted by atomic mass is 9.81. The van der Waals surface area contributed by atoms with E-state index in [1.807, 2.05) is 0 Å². The number of alkyl halides is 3. The lowest BCUT2D eigenvalue weighted by molar-refractivity contribution is -0.137. The number of anilines is 2. The molecule has 0 saturated carbocycles. The number of benzene rings is 3. The molecule has 0 spiro atoms. The fraction of sp³-hybridized carbons (Fsp3) is 0.188. The second-order valence-corrected chi connectivity index (χ2v) is 10.2. The number of nitrogens with one attached hydrogen (secondary N) is 2. The van der Waals surface area contributed by atoms with E-state index in [4.69, 9.17) is 0 Å². The number of fused-ring (bicyclic) bond motifs is 1. The summed E-state index contributed by atoms with van der Waals surface area (Å²) in [7, 11) is 0. The third-order valence-electron chi connectivity index (χ3n) is 7.23. The number of nitrogens with zero attached hydrogens (tertiary/aromatic N) is 3. The molecule has 226 valence electrons. The Hall–Kier alpha value is -5.26. The molecular formula is C32H27F4N5O3. The topological polar surface area (TPSA) is 96.3 Å². The number of hydrogen-bond acceptors (Lipinski definition) is 4. The van der Waals surface area contributed by atoms with Crippen molar-refractivity contribution in [1.82, 2.24) is 15.1 Å². The molecule has 1 aromatic heterocycles. The van der Waals surface area contributed by atoms with E-state index < -0.39 is 47.2 Å². The smallest absolute Gasteiger partial charge is 0.339 e. The van der Waals surface area contributed by atoms with E-state index in [1.165, 1.54) is 46.8 Å². The number of rotatable bonds is 7. The number of carbonyl (C=O) groups is 3. The van der Waals surface area contributed by atoms with Gasteiger partial charge in [-0.3, -0.25) is 19.3 Å². The number of para-hydroxylation sites is 1. The molecule has 8 nitrogen and oxygen atoms in total. The highest BCUT2D eigenvalue weighted by Gasteiger charge is 2.46. The van der Waals surface area contributed by atoms with Gasteiger partial charge < -0.3 is 10.6 Å². The van der Waals surface area contributed by atoms with Crippen molar-refractivity contribution in [2.75, 3.05) is 16.8 Å². The van der Waals surface area contributed by atoms with Crippen LogP contribution in [0.5, 0.6) is 0 Å². The molecule has 0 fully saturated rings. The van der Waals surface area contributed by atoms with Gasteiger partial charge in [0.1, 0.15) is 17.7 Å². The quantitative estimate of drug-likeness (QED) is 0.204. The van der Waals surface area contributed by atoms with Crippen molar-refractivity contribution in [3.05, 3.63) is 119 Å². The summed E-state index contributed by atoms with van der Waals surface area (Å²) in [4.78, 5) is 41.9. The van der Waals surface area contributed by atoms with Crippen LogP contribution in [0.15, 0.2) is 91.0 Å². The van der Waals surface area contributed by atoms with E-state index in [1.54, 1.807) is 37.3 Å². The Morgan fingerprint density at radius 3 is 2.30 bits per heavy atom. The van der Waals surface area contributed by atoms with Gasteiger partial charge in [-0.2, -0.15) is 13.2 Å². The summed E-state index contributed by atoms with van der Waals surface area (Å²) in [5.74, 6) is -3.27. The van der Waals surface area contributed by atoms with Crippen LogP contribution in [0, 0.1) is 5.82 Å². The molecule has 2 heterocycles. The van der Waals surface area contributed by atoms with Crippen LogP contribution >= 0.6 is 0 Å². The van der Waals surface area contributed by atoms with Gasteiger partial charge in [0.2, 0.25) is 0 Å². The molecule has 0 bridgehead atoms. The van der Waals surface area contributed by atoms with Crippen LogP contribution in [-0.2, 0) is 15.8 Å². The Balaban J connectivity index is 1.72. The summed E-state index contributed by atoms with van der Waals surface area (Å²) in [5, 5.41) is 10.0. The molecule has 0 aliphatic carbocycles. The van der Waals surface area contributed by atoms with E-state index in [0.717, 1.165) is 12.1 Å². The molecule has 3 amide bonds. The van der Waals surface area contributed by atoms with Crippen molar-refractivity contribution in [2.45, 2.75) is 32.0 Å². The normalized spacial score (nSPS) is 16.3. The van der Waals surface area contributed by atoms with Crippen molar-refractivity contribution >= 4 is 29.4 Å². The fourth-order valence-corrected chi connectivity index (χ4v) is 5.15. The second-order valence-electron chi connectivity index (χ2n) is 10.2. The van der Waals surface area contributed by atoms with E-state index in [2.05, 4.69) is 22.3 Å². The zero-order chi connectivity index (χ0) is 31.8. The Labute approximate surface area is 250 Å². The number of carbonyl (C=O) groups excluding carboxylic acids is 3. The van der Waals surface area contributed by atoms with Crippen LogP contribution < -0.4 is 15.5 Å². The molecule has 0 saturated heterocycles. The molecular weight excluding hydrogens is 578 g/mol. The molecule has 4 aromatic rings. The van der Waals surface area contributed by atoms with Crippen molar-refractivity contribution in [3.63, 3.8) is 0 Å². The minimum Gasteiger partial charge on any atom is -0.339 e. The standard InChI is InChI=1S/C32H27F4N5O3/c1-4-40-30-25(27(38-28(42)18(2)3)39-41(30)23-11-6-5-7-12-23)24(19-13-15-22(33)16-14-19)26(31(40)44)37-29(43)20-9-8-10-21(17-20)32(34,35)36/h5-17,24,26H,2,4H2,1,3H3,(H,37,43)(H,38,39,42)/t24-,26-/m0/s1. The molecule has 5 rings (SSSR count). The van der Waals surface area contributed by atoms with Gasteiger partial charge in [-0.05, 0) is 61.9 Å². The predicted molar refractivity (Wildman–Crippen MR) is 156 cm³/mol. The monoisotopic (exact) mass is 605 g/mol. The maximum absolute atomic E-state index is 14.2. The highest BCUT2D eigenvalue weighted by atomic mass is 19.4. The lowest BCUT2D eigenvalue weighted by Gasteiger charge is -2.38. The summed E-state index contributed by atoms with van der Waals surface area (Å²) >= 11 is 0. The lowest BCUT2D eigenvalue weighted by Crippen LogP contribution is -2.55. The van der Waals surface area contributed by atoms with Gasteiger partial charge in [-0.25, -0.2) is 9.07 Å². The Morgan fingerprint density at radius 2 is 1.68 bits per heavy atom. The van der Waals surface area contributed by atoms with Crippen LogP contribution in [0.3, 0.4) is 0 Å². The Bertz CT molecular complexity index is 1750. The summed E-state index contributed by atoms with van der Waals surface area (Å²) < 4.78 is 55.8. The highest BCUT2D eigenvalue weighted by molar-refractivity contribution is 6.08. The van der Waals surface area contributed by atoms with Crippen molar-refractivity contribution in [3.8, 4) is 5.69 Å². The second kappa shape index (κ2) is 11.8. The van der Waals surface area contributed by atoms with Gasteiger partial charge in [0.15, 0.2) is 5.82 Å². The zero-order valence-corrected chi connectivity index (χ0v) is 23.7. The largest absolute Gasteiger partial charge is 0.416 e. The number of hydrogen-bond donors (Lipinski definition) is 2. The number of halogens is 4. The SMILES string of the molecule is C=C(C)C(=O)Nc1nn(-c2ccccc2)c2c1[C@H](c1ccc(F)cc1)[C@H](NC(=O)c1cccc(C(F)(F)F)c1)C(=O)N2CC. The Kier molecular flexibility index (Phi) is 8.09. The first-order valence-corrected chi connectivity index (χ1v) is 13.6. The summed E-state index contributed by atoms with van der Waals surface area (Å²) in [5.41, 5.74) is 0.141. The predicted octanol–water partition coefficient (Wildman–Crippen LogP) is 5.84. The van der Waals surface area contributed by atoms with E-state index in [0.29, 0.717) is 28.7 Å². The van der Waals surface area contributed by atoms with Gasteiger partial charge in [0.25, 0.3) is 17.7 Å². The molecule has 3 aromatic carbocycles. The van der Waals surface area contributed by atoms with Crippen LogP contribution in [0.4, 0.5) is 29.2 Å². The van der Waals surface area contributed by atoms with Crippen LogP contribution in [-0.4, -0.2) is 40.1 Å². The average molecular weight is 606 g/mol. The first kappa shape index (κ1) is 30.2. The highest BCUT2D eigenvalue weighted by Crippen LogP contribution is 2.45. The van der Waals surface area contributed by atoms with E-state index in [9.17, 15) is 31.9 Å². The van der Waals surface area contributed by atoms with Crippen LogP contribution in [0.2, 0.25) is 0 Å². The van der Waals surface area contributed by atoms with Crippen molar-refractivity contribution in [2.24, 2.45) is 0 Å². The van der Waals surface area contributed by atoms with Crippen molar-refractivity contribution < 1.29 is 31.9 Å². The maximum Gasteiger partial charge on any atom is 0.416 e. The number of aromatic nitrogens is 2. The van der Waals surface area contributed by atoms with Gasteiger partial charge in [-0.15, -0.1) is 5.10 Å². The first-order chi connectivity index (χ1) is 20.9. The Morgan fingerprint density at radius 1 is 1.00 bits per heavy atom. The molecule has 0 radical (unpaired) electrons. The molecule has 44 heavy (non-hydrogen) atoms. The molecule has 12 heteroatoms. The van der Waals surface area contributed by atoms with E-state index in [-0.39, 0.29) is 23.5 Å². The third-order valence-corrected chi connectivity index (χ3v) is 7.23. The molecule has 1 aliphatic heterocycles. The minimum absolute atomic E-state index is 0.0652. The number of amides is 3. The number of likely N-dealkylation sites (N-methyl/N-ethyl adjacent to an activating group) is 1. The fourth-order valence-electron chi connectivity index (χ4n) is 5.15. The summed E-state index contributed by atoms with van der Waals surface area (Å²) in [6.07, 6.45) is -4.69. The van der Waals surface area contributed by atoms with Gasteiger partial charge >= 0.3 is 6.18 Å².